The van der Waals surface area contributed by atoms with Crippen molar-refractivity contribution in [1.29, 1.82) is 0 Å². The van der Waals surface area contributed by atoms with Crippen LogP contribution in [0.3, 0.4) is 0 Å². The molecule has 0 amide bonds. The number of aromatic nitrogens is 4. The van der Waals surface area contributed by atoms with Gasteiger partial charge in [0.15, 0.2) is 0 Å². The van der Waals surface area contributed by atoms with Gasteiger partial charge in [0.2, 0.25) is 0 Å². The van der Waals surface area contributed by atoms with Crippen LogP contribution in [0.1, 0.15) is 19.8 Å². The summed E-state index contributed by atoms with van der Waals surface area (Å²) in [6, 6.07) is 2.06. The molecule has 0 aliphatic rings. The van der Waals surface area contributed by atoms with E-state index in [4.69, 9.17) is 10.7 Å². The molecule has 2 N–H and O–H groups in total. The molecular weight excluding hydrogens is 382 g/mol. The van der Waals surface area contributed by atoms with Gasteiger partial charge in [-0.15, -0.1) is 34.4 Å². The van der Waals surface area contributed by atoms with E-state index in [1.54, 1.807) is 28.9 Å². The molecule has 0 aliphatic carbocycles. The molecular formula is C18H19N5S3. The molecule has 4 heterocycles. The first-order chi connectivity index (χ1) is 12.7. The predicted octanol–water partition coefficient (Wildman–Crippen LogP) is 5.29. The standard InChI is InChI=1S/C18H19N5S3/c1-3-4-6-25-18-15(19)14-11(13-9-23(2)10-21-13)8-12(22-17(14)26-18)16-20-5-7-24-16/h5,7-10H,3-4,6,19H2,1-2H3. The zero-order valence-corrected chi connectivity index (χ0v) is 17.0. The molecule has 5 nitrogen and oxygen atoms in total. The van der Waals surface area contributed by atoms with Crippen molar-refractivity contribution in [2.24, 2.45) is 7.05 Å². The summed E-state index contributed by atoms with van der Waals surface area (Å²) < 4.78 is 3.10. The highest BCUT2D eigenvalue weighted by atomic mass is 32.2. The van der Waals surface area contributed by atoms with E-state index in [2.05, 4.69) is 23.0 Å². The number of nitrogens with two attached hydrogens (primary N) is 1. The number of thiophene rings is 1. The third kappa shape index (κ3) is 3.24. The SMILES string of the molecule is CCCCSc1sc2nc(-c3nccs3)cc(-c3cn(C)cn3)c2c1N. The topological polar surface area (TPSA) is 69.6 Å². The molecule has 134 valence electrons. The molecule has 8 heteroatoms. The number of thioether (sulfide) groups is 1. The minimum atomic E-state index is 0.824. The lowest BCUT2D eigenvalue weighted by atomic mass is 10.1. The molecule has 0 aromatic carbocycles. The second-order valence-corrected chi connectivity index (χ2v) is 9.26. The van der Waals surface area contributed by atoms with E-state index in [0.717, 1.165) is 47.8 Å². The maximum absolute atomic E-state index is 6.54. The molecule has 0 saturated carbocycles. The number of hydrogen-bond acceptors (Lipinski definition) is 7. The number of hydrogen-bond donors (Lipinski definition) is 1. The van der Waals surface area contributed by atoms with Crippen LogP contribution >= 0.6 is 34.4 Å². The molecule has 4 aromatic rings. The average Bonchev–Trinajstić information content (AvgIpc) is 3.36. The van der Waals surface area contributed by atoms with E-state index in [-0.39, 0.29) is 0 Å². The van der Waals surface area contributed by atoms with Gasteiger partial charge in [-0.25, -0.2) is 15.0 Å². The molecule has 4 aromatic heterocycles. The first kappa shape index (κ1) is 17.5. The smallest absolute Gasteiger partial charge is 0.141 e. The second-order valence-electron chi connectivity index (χ2n) is 6.00. The van der Waals surface area contributed by atoms with E-state index >= 15 is 0 Å². The Bertz CT molecular complexity index is 1030. The van der Waals surface area contributed by atoms with Gasteiger partial charge >= 0.3 is 0 Å². The lowest BCUT2D eigenvalue weighted by Crippen LogP contribution is -1.91. The third-order valence-electron chi connectivity index (χ3n) is 4.03. The quantitative estimate of drug-likeness (QED) is 0.351. The fourth-order valence-electron chi connectivity index (χ4n) is 2.73. The van der Waals surface area contributed by atoms with Crippen molar-refractivity contribution >= 4 is 50.3 Å². The number of rotatable bonds is 6. The zero-order valence-electron chi connectivity index (χ0n) is 14.6. The van der Waals surface area contributed by atoms with Crippen molar-refractivity contribution in [3.8, 4) is 22.0 Å². The van der Waals surface area contributed by atoms with Crippen molar-refractivity contribution in [1.82, 2.24) is 19.5 Å². The number of thiazole rings is 1. The number of nitrogens with zero attached hydrogens (tertiary/aromatic N) is 4. The summed E-state index contributed by atoms with van der Waals surface area (Å²) in [5.41, 5.74) is 10.2. The van der Waals surface area contributed by atoms with Crippen molar-refractivity contribution in [3.63, 3.8) is 0 Å². The molecule has 0 saturated heterocycles. The van der Waals surface area contributed by atoms with Crippen LogP contribution in [0, 0.1) is 0 Å². The fraction of sp³-hybridized carbons (Fsp3) is 0.278. The summed E-state index contributed by atoms with van der Waals surface area (Å²) in [5, 5.41) is 3.89. The minimum absolute atomic E-state index is 0.824. The molecule has 0 aliphatic heterocycles. The van der Waals surface area contributed by atoms with Gasteiger partial charge < -0.3 is 10.3 Å². The van der Waals surface area contributed by atoms with Crippen LogP contribution in [0.4, 0.5) is 5.69 Å². The van der Waals surface area contributed by atoms with Gasteiger partial charge in [-0.2, -0.15) is 0 Å². The zero-order chi connectivity index (χ0) is 18.1. The van der Waals surface area contributed by atoms with Gasteiger partial charge in [-0.05, 0) is 18.2 Å². The number of unbranched alkanes of at least 4 members (excludes halogenated alkanes) is 1. The van der Waals surface area contributed by atoms with Crippen LogP contribution in [0.15, 0.2) is 34.4 Å². The summed E-state index contributed by atoms with van der Waals surface area (Å²) in [6.45, 7) is 2.20. The third-order valence-corrected chi connectivity index (χ3v) is 7.30. The van der Waals surface area contributed by atoms with Gasteiger partial charge in [0.25, 0.3) is 0 Å². The highest BCUT2D eigenvalue weighted by molar-refractivity contribution is 8.01. The molecule has 0 fully saturated rings. The summed E-state index contributed by atoms with van der Waals surface area (Å²) in [4.78, 5) is 14.8. The predicted molar refractivity (Wildman–Crippen MR) is 113 cm³/mol. The first-order valence-corrected chi connectivity index (χ1v) is 11.1. The van der Waals surface area contributed by atoms with Crippen LogP contribution in [0.2, 0.25) is 0 Å². The van der Waals surface area contributed by atoms with Crippen molar-refractivity contribution < 1.29 is 0 Å². The Morgan fingerprint density at radius 2 is 2.15 bits per heavy atom. The Balaban J connectivity index is 1.90. The second kappa shape index (κ2) is 7.38. The molecule has 26 heavy (non-hydrogen) atoms. The van der Waals surface area contributed by atoms with Gasteiger partial charge in [0, 0.05) is 35.8 Å². The number of nitrogen functional groups attached to an aromatic ring is 1. The Kier molecular flexibility index (Phi) is 4.97. The Hall–Kier alpha value is -1.90. The van der Waals surface area contributed by atoms with E-state index in [9.17, 15) is 0 Å². The van der Waals surface area contributed by atoms with Crippen molar-refractivity contribution in [2.75, 3.05) is 11.5 Å². The minimum Gasteiger partial charge on any atom is -0.397 e. The summed E-state index contributed by atoms with van der Waals surface area (Å²) in [5.74, 6) is 1.08. The van der Waals surface area contributed by atoms with Crippen molar-refractivity contribution in [2.45, 2.75) is 24.0 Å². The molecule has 4 rings (SSSR count). The van der Waals surface area contributed by atoms with Crippen LogP contribution in [-0.4, -0.2) is 25.3 Å². The lowest BCUT2D eigenvalue weighted by molar-refractivity contribution is 0.897. The van der Waals surface area contributed by atoms with Gasteiger partial charge in [-0.1, -0.05) is 13.3 Å². The number of anilines is 1. The maximum atomic E-state index is 6.54. The van der Waals surface area contributed by atoms with Gasteiger partial charge in [0.1, 0.15) is 15.5 Å². The Labute approximate surface area is 164 Å². The first-order valence-electron chi connectivity index (χ1n) is 8.41. The van der Waals surface area contributed by atoms with Gasteiger partial charge in [0.05, 0.1) is 21.9 Å². The molecule has 0 radical (unpaired) electrons. The highest BCUT2D eigenvalue weighted by Gasteiger charge is 2.19. The fourth-order valence-corrected chi connectivity index (χ4v) is 5.78. The summed E-state index contributed by atoms with van der Waals surface area (Å²) >= 11 is 5.09. The number of pyridine rings is 1. The molecule has 0 bridgehead atoms. The Morgan fingerprint density at radius 3 is 2.85 bits per heavy atom. The monoisotopic (exact) mass is 401 g/mol. The van der Waals surface area contributed by atoms with E-state index < -0.39 is 0 Å². The van der Waals surface area contributed by atoms with E-state index in [0.29, 0.717) is 0 Å². The Morgan fingerprint density at radius 1 is 1.27 bits per heavy atom. The van der Waals surface area contributed by atoms with Gasteiger partial charge in [-0.3, -0.25) is 0 Å². The highest BCUT2D eigenvalue weighted by Crippen LogP contribution is 2.45. The van der Waals surface area contributed by atoms with E-state index in [1.165, 1.54) is 12.8 Å². The normalized spacial score (nSPS) is 11.5. The number of imidazole rings is 1. The molecule has 0 atom stereocenters. The molecule has 0 unspecified atom stereocenters. The lowest BCUT2D eigenvalue weighted by Gasteiger charge is -2.05. The van der Waals surface area contributed by atoms with Crippen molar-refractivity contribution in [3.05, 3.63) is 30.2 Å². The largest absolute Gasteiger partial charge is 0.397 e. The molecule has 0 spiro atoms. The van der Waals surface area contributed by atoms with Crippen LogP contribution in [0.25, 0.3) is 32.2 Å². The maximum Gasteiger partial charge on any atom is 0.141 e. The van der Waals surface area contributed by atoms with Crippen LogP contribution < -0.4 is 5.73 Å². The summed E-state index contributed by atoms with van der Waals surface area (Å²) in [6.07, 6.45) is 8.00. The van der Waals surface area contributed by atoms with Crippen LogP contribution in [-0.2, 0) is 7.05 Å². The number of fused-ring (bicyclic) bond motifs is 1. The average molecular weight is 402 g/mol. The number of aryl methyl sites for hydroxylation is 1. The van der Waals surface area contributed by atoms with Crippen LogP contribution in [0.5, 0.6) is 0 Å². The summed E-state index contributed by atoms with van der Waals surface area (Å²) in [7, 11) is 1.97. The van der Waals surface area contributed by atoms with E-state index in [1.807, 2.05) is 41.3 Å².